The second kappa shape index (κ2) is 6.01. The largest absolute Gasteiger partial charge is 0.275 e. The van der Waals surface area contributed by atoms with E-state index in [-0.39, 0.29) is 5.56 Å². The average molecular weight is 337 g/mol. The third-order valence-corrected chi connectivity index (χ3v) is 4.79. The molecule has 24 heavy (non-hydrogen) atoms. The van der Waals surface area contributed by atoms with Crippen LogP contribution in [0.2, 0.25) is 0 Å². The molecule has 0 radical (unpaired) electrons. The molecule has 6 nitrogen and oxygen atoms in total. The molecule has 120 valence electrons. The maximum Gasteiger partial charge on any atom is 0.275 e. The Kier molecular flexibility index (Phi) is 3.70. The maximum absolute atomic E-state index is 12.8. The van der Waals surface area contributed by atoms with Crippen molar-refractivity contribution in [1.29, 1.82) is 0 Å². The fourth-order valence-corrected chi connectivity index (χ4v) is 3.47. The van der Waals surface area contributed by atoms with Crippen molar-refractivity contribution in [2.24, 2.45) is 0 Å². The van der Waals surface area contributed by atoms with E-state index in [1.54, 1.807) is 16.0 Å². The van der Waals surface area contributed by atoms with Gasteiger partial charge in [-0.25, -0.2) is 14.3 Å². The topological polar surface area (TPSA) is 65.6 Å². The minimum absolute atomic E-state index is 0.114. The van der Waals surface area contributed by atoms with Crippen LogP contribution < -0.4 is 5.56 Å². The molecule has 0 spiro atoms. The number of nitrogens with zero attached hydrogens (tertiary/aromatic N) is 5. The van der Waals surface area contributed by atoms with Crippen molar-refractivity contribution in [2.45, 2.75) is 20.0 Å². The summed E-state index contributed by atoms with van der Waals surface area (Å²) in [6, 6.07) is 11.6. The first kappa shape index (κ1) is 14.8. The molecule has 4 rings (SSSR count). The van der Waals surface area contributed by atoms with Crippen LogP contribution in [-0.2, 0) is 13.1 Å². The first-order valence-electron chi connectivity index (χ1n) is 7.68. The van der Waals surface area contributed by atoms with E-state index in [4.69, 9.17) is 0 Å². The van der Waals surface area contributed by atoms with Gasteiger partial charge < -0.3 is 0 Å². The molecule has 3 aromatic heterocycles. The Morgan fingerprint density at radius 1 is 1.08 bits per heavy atom. The van der Waals surface area contributed by atoms with Crippen LogP contribution in [0.15, 0.2) is 52.9 Å². The van der Waals surface area contributed by atoms with Gasteiger partial charge in [0.2, 0.25) is 0 Å². The lowest BCUT2D eigenvalue weighted by molar-refractivity contribution is 0.555. The number of hydrogen-bond donors (Lipinski definition) is 0. The van der Waals surface area contributed by atoms with E-state index in [0.717, 1.165) is 21.8 Å². The van der Waals surface area contributed by atoms with Gasteiger partial charge in [0.25, 0.3) is 5.56 Å². The molecule has 0 aliphatic heterocycles. The number of rotatable bonds is 4. The summed E-state index contributed by atoms with van der Waals surface area (Å²) >= 11 is 1.61. The molecule has 3 heterocycles. The summed E-state index contributed by atoms with van der Waals surface area (Å²) in [6.45, 7) is 3.00. The summed E-state index contributed by atoms with van der Waals surface area (Å²) in [6.07, 6.45) is 1.51. The summed E-state index contributed by atoms with van der Waals surface area (Å²) in [4.78, 5) is 18.1. The van der Waals surface area contributed by atoms with Crippen molar-refractivity contribution < 1.29 is 0 Å². The minimum atomic E-state index is -0.114. The number of aromatic nitrogens is 5. The normalized spacial score (nSPS) is 11.2. The molecule has 0 saturated carbocycles. The van der Waals surface area contributed by atoms with Crippen LogP contribution in [0.25, 0.3) is 21.3 Å². The third-order valence-electron chi connectivity index (χ3n) is 3.91. The molecule has 0 aliphatic rings. The van der Waals surface area contributed by atoms with Gasteiger partial charge in [-0.1, -0.05) is 24.3 Å². The summed E-state index contributed by atoms with van der Waals surface area (Å²) in [5.41, 5.74) is 0.708. The molecular weight excluding hydrogens is 322 g/mol. The Labute approximate surface area is 142 Å². The van der Waals surface area contributed by atoms with E-state index < -0.39 is 0 Å². The van der Waals surface area contributed by atoms with E-state index in [1.807, 2.05) is 48.7 Å². The van der Waals surface area contributed by atoms with Gasteiger partial charge in [0.1, 0.15) is 24.4 Å². The molecule has 0 N–H and O–H groups in total. The van der Waals surface area contributed by atoms with E-state index in [2.05, 4.69) is 15.2 Å². The minimum Gasteiger partial charge on any atom is -0.267 e. The number of hydrogen-bond acceptors (Lipinski definition) is 5. The second-order valence-electron chi connectivity index (χ2n) is 5.33. The molecule has 0 saturated heterocycles. The second-order valence-corrected chi connectivity index (χ2v) is 6.27. The highest BCUT2D eigenvalue weighted by molar-refractivity contribution is 7.13. The van der Waals surface area contributed by atoms with Crippen molar-refractivity contribution in [3.63, 3.8) is 0 Å². The highest BCUT2D eigenvalue weighted by Gasteiger charge is 2.14. The molecular formula is C17H15N5OS. The molecule has 4 aromatic rings. The molecule has 0 bridgehead atoms. The van der Waals surface area contributed by atoms with E-state index in [9.17, 15) is 4.79 Å². The standard InChI is InChI=1S/C17H15N5OS/c1-2-21-15(18-11-19-21)10-22-17(23)13-7-4-3-6-12(13)16(20-22)14-8-5-9-24-14/h3-9,11H,2,10H2,1H3. The zero-order chi connectivity index (χ0) is 16.5. The lowest BCUT2D eigenvalue weighted by Gasteiger charge is -2.10. The molecule has 7 heteroatoms. The van der Waals surface area contributed by atoms with Crippen LogP contribution in [0.3, 0.4) is 0 Å². The van der Waals surface area contributed by atoms with E-state index in [0.29, 0.717) is 18.5 Å². The lowest BCUT2D eigenvalue weighted by Crippen LogP contribution is -2.26. The third kappa shape index (κ3) is 2.43. The van der Waals surface area contributed by atoms with Gasteiger partial charge in [0.05, 0.1) is 10.3 Å². The quantitative estimate of drug-likeness (QED) is 0.574. The first-order valence-corrected chi connectivity index (χ1v) is 8.56. The highest BCUT2D eigenvalue weighted by Crippen LogP contribution is 2.28. The van der Waals surface area contributed by atoms with Gasteiger partial charge in [-0.2, -0.15) is 10.2 Å². The Balaban J connectivity index is 1.93. The van der Waals surface area contributed by atoms with E-state index in [1.165, 1.54) is 11.0 Å². The van der Waals surface area contributed by atoms with Crippen LogP contribution in [-0.4, -0.2) is 24.5 Å². The summed E-state index contributed by atoms with van der Waals surface area (Å²) in [5.74, 6) is 0.722. The molecule has 0 unspecified atom stereocenters. The van der Waals surface area contributed by atoms with Crippen molar-refractivity contribution >= 4 is 22.1 Å². The highest BCUT2D eigenvalue weighted by atomic mass is 32.1. The van der Waals surface area contributed by atoms with Crippen LogP contribution in [0.4, 0.5) is 0 Å². The van der Waals surface area contributed by atoms with Crippen molar-refractivity contribution in [1.82, 2.24) is 24.5 Å². The predicted octanol–water partition coefficient (Wildman–Crippen LogP) is 2.78. The zero-order valence-corrected chi connectivity index (χ0v) is 13.9. The average Bonchev–Trinajstić information content (AvgIpc) is 3.29. The Bertz CT molecular complexity index is 1050. The Morgan fingerprint density at radius 3 is 2.67 bits per heavy atom. The van der Waals surface area contributed by atoms with Crippen molar-refractivity contribution in [3.05, 3.63) is 64.3 Å². The maximum atomic E-state index is 12.8. The number of thiophene rings is 1. The molecule has 1 aromatic carbocycles. The van der Waals surface area contributed by atoms with Gasteiger partial charge in [-0.3, -0.25) is 4.79 Å². The fraction of sp³-hybridized carbons (Fsp3) is 0.176. The molecule has 0 amide bonds. The molecule has 0 aliphatic carbocycles. The lowest BCUT2D eigenvalue weighted by atomic mass is 10.1. The van der Waals surface area contributed by atoms with Crippen molar-refractivity contribution in [2.75, 3.05) is 0 Å². The first-order chi connectivity index (χ1) is 11.8. The Morgan fingerprint density at radius 2 is 1.92 bits per heavy atom. The summed E-state index contributed by atoms with van der Waals surface area (Å²) in [5, 5.41) is 12.3. The fourth-order valence-electron chi connectivity index (χ4n) is 2.75. The van der Waals surface area contributed by atoms with Crippen molar-refractivity contribution in [3.8, 4) is 10.6 Å². The van der Waals surface area contributed by atoms with Crippen LogP contribution >= 0.6 is 11.3 Å². The van der Waals surface area contributed by atoms with Gasteiger partial charge in [0.15, 0.2) is 0 Å². The number of benzene rings is 1. The summed E-state index contributed by atoms with van der Waals surface area (Å²) < 4.78 is 3.25. The predicted molar refractivity (Wildman–Crippen MR) is 94.1 cm³/mol. The number of aryl methyl sites for hydroxylation is 1. The van der Waals surface area contributed by atoms with Crippen LogP contribution in [0, 0.1) is 0 Å². The smallest absolute Gasteiger partial charge is 0.267 e. The molecule has 0 atom stereocenters. The Hall–Kier alpha value is -2.80. The van der Waals surface area contributed by atoms with E-state index >= 15 is 0 Å². The van der Waals surface area contributed by atoms with Gasteiger partial charge >= 0.3 is 0 Å². The SMILES string of the molecule is CCn1ncnc1Cn1nc(-c2cccs2)c2ccccc2c1=O. The van der Waals surface area contributed by atoms with Gasteiger partial charge in [-0.05, 0) is 24.4 Å². The van der Waals surface area contributed by atoms with Gasteiger partial charge in [-0.15, -0.1) is 11.3 Å². The van der Waals surface area contributed by atoms with Gasteiger partial charge in [0, 0.05) is 11.9 Å². The monoisotopic (exact) mass is 337 g/mol. The summed E-state index contributed by atoms with van der Waals surface area (Å²) in [7, 11) is 0. The zero-order valence-electron chi connectivity index (χ0n) is 13.1. The number of fused-ring (bicyclic) bond motifs is 1. The van der Waals surface area contributed by atoms with Crippen LogP contribution in [0.5, 0.6) is 0 Å². The molecule has 0 fully saturated rings. The van der Waals surface area contributed by atoms with Crippen LogP contribution in [0.1, 0.15) is 12.7 Å².